The van der Waals surface area contributed by atoms with Crippen LogP contribution in [-0.2, 0) is 24.9 Å². The molecule has 0 bridgehead atoms. The second-order valence-electron chi connectivity index (χ2n) is 7.81. The average Bonchev–Trinajstić information content (AvgIpc) is 2.72. The van der Waals surface area contributed by atoms with Gasteiger partial charge in [0, 0.05) is 54.9 Å². The largest absolute Gasteiger partial charge is 0.350 e. The number of pyridine rings is 2. The number of carbonyl (C=O) groups excluding carboxylic acids is 1. The van der Waals surface area contributed by atoms with Crippen molar-refractivity contribution in [1.29, 1.82) is 0 Å². The minimum absolute atomic E-state index is 0.000784. The van der Waals surface area contributed by atoms with Crippen LogP contribution in [0.3, 0.4) is 0 Å². The van der Waals surface area contributed by atoms with Gasteiger partial charge in [0.25, 0.3) is 0 Å². The van der Waals surface area contributed by atoms with Crippen LogP contribution in [0.5, 0.6) is 0 Å². The summed E-state index contributed by atoms with van der Waals surface area (Å²) in [5, 5.41) is 3.73. The van der Waals surface area contributed by atoms with Crippen molar-refractivity contribution < 1.29 is 9.37 Å². The molecule has 0 atom stereocenters. The smallest absolute Gasteiger partial charge is 0.240 e. The number of piperazine rings is 1. The molecule has 1 aromatic carbocycles. The molecule has 1 N–H and O–H groups in total. The zero-order valence-corrected chi connectivity index (χ0v) is 17.4. The van der Waals surface area contributed by atoms with Crippen LogP contribution < -0.4 is 15.6 Å². The van der Waals surface area contributed by atoms with E-state index in [1.165, 1.54) is 0 Å². The van der Waals surface area contributed by atoms with Gasteiger partial charge in [0.1, 0.15) is 6.72 Å². The fraction of sp³-hybridized carbons (Fsp3) is 0.304. The third kappa shape index (κ3) is 4.02. The Bertz CT molecular complexity index is 1200. The lowest BCUT2D eigenvalue weighted by molar-refractivity contribution is -0.551. The van der Waals surface area contributed by atoms with Crippen LogP contribution in [0.1, 0.15) is 16.8 Å². The maximum Gasteiger partial charge on any atom is 0.240 e. The number of anilines is 1. The van der Waals surface area contributed by atoms with E-state index in [9.17, 15) is 9.59 Å². The molecule has 1 aliphatic rings. The molecule has 30 heavy (non-hydrogen) atoms. The number of carbonyl (C=O) groups is 1. The number of fused-ring (bicyclic) bond motifs is 1. The first-order valence-electron chi connectivity index (χ1n) is 10.0. The molecule has 0 radical (unpaired) electrons. The SMILES string of the molecule is C=[N+](Cc1ccnc(C)c1)Cc1cn(C)c2cc(N3CCNCC3=O)ccc2c1=O. The Hall–Kier alpha value is -3.32. The zero-order valence-electron chi connectivity index (χ0n) is 17.4. The number of aromatic nitrogens is 2. The standard InChI is InChI=1S/C23H26N5O2/c1-16-10-17(6-7-25-16)13-26(2)14-18-15-27(3)21-11-19(4-5-20(21)23(18)30)28-9-8-24-12-22(28)29/h4-7,10-11,15,24H,2,8-9,12-14H2,1,3H3/q+1. The minimum atomic E-state index is 0.000784. The number of nitrogens with zero attached hydrogens (tertiary/aromatic N) is 4. The molecule has 1 aliphatic heterocycles. The van der Waals surface area contributed by atoms with Gasteiger partial charge in [-0.25, -0.2) is 4.58 Å². The second-order valence-corrected chi connectivity index (χ2v) is 7.81. The molecular weight excluding hydrogens is 378 g/mol. The zero-order chi connectivity index (χ0) is 21.3. The lowest BCUT2D eigenvalue weighted by Crippen LogP contribution is -2.48. The Morgan fingerprint density at radius 3 is 2.80 bits per heavy atom. The molecule has 1 amide bonds. The first-order valence-corrected chi connectivity index (χ1v) is 10.0. The second kappa shape index (κ2) is 8.20. The molecule has 1 saturated heterocycles. The third-order valence-corrected chi connectivity index (χ3v) is 5.41. The van der Waals surface area contributed by atoms with E-state index < -0.39 is 0 Å². The first kappa shape index (κ1) is 20.0. The molecule has 7 heteroatoms. The predicted molar refractivity (Wildman–Crippen MR) is 118 cm³/mol. The van der Waals surface area contributed by atoms with E-state index in [1.54, 1.807) is 11.1 Å². The van der Waals surface area contributed by atoms with Crippen LogP contribution in [0.15, 0.2) is 47.5 Å². The lowest BCUT2D eigenvalue weighted by Gasteiger charge is -2.27. The van der Waals surface area contributed by atoms with Gasteiger partial charge in [-0.05, 0) is 37.3 Å². The Morgan fingerprint density at radius 1 is 1.20 bits per heavy atom. The molecule has 7 nitrogen and oxygen atoms in total. The van der Waals surface area contributed by atoms with E-state index >= 15 is 0 Å². The minimum Gasteiger partial charge on any atom is -0.350 e. The van der Waals surface area contributed by atoms with E-state index in [2.05, 4.69) is 17.0 Å². The number of nitrogens with one attached hydrogen (secondary N) is 1. The number of aryl methyl sites for hydroxylation is 2. The maximum absolute atomic E-state index is 13.1. The molecule has 154 valence electrons. The van der Waals surface area contributed by atoms with Gasteiger partial charge in [-0.2, -0.15) is 0 Å². The molecule has 0 aliphatic carbocycles. The van der Waals surface area contributed by atoms with Crippen LogP contribution in [0, 0.1) is 6.92 Å². The molecule has 0 saturated carbocycles. The van der Waals surface area contributed by atoms with Crippen LogP contribution in [0.4, 0.5) is 5.69 Å². The average molecular weight is 404 g/mol. The fourth-order valence-electron chi connectivity index (χ4n) is 3.96. The number of hydrogen-bond donors (Lipinski definition) is 1. The molecule has 1 fully saturated rings. The summed E-state index contributed by atoms with van der Waals surface area (Å²) in [5.74, 6) is 0.0428. The molecule has 4 rings (SSSR count). The highest BCUT2D eigenvalue weighted by Crippen LogP contribution is 2.21. The predicted octanol–water partition coefficient (Wildman–Crippen LogP) is 1.59. The third-order valence-electron chi connectivity index (χ3n) is 5.41. The van der Waals surface area contributed by atoms with Gasteiger partial charge in [0.2, 0.25) is 5.91 Å². The number of benzene rings is 1. The highest BCUT2D eigenvalue weighted by Gasteiger charge is 2.20. The lowest BCUT2D eigenvalue weighted by atomic mass is 10.1. The van der Waals surface area contributed by atoms with Gasteiger partial charge in [0.15, 0.2) is 18.5 Å². The van der Waals surface area contributed by atoms with Crippen LogP contribution >= 0.6 is 0 Å². The van der Waals surface area contributed by atoms with Gasteiger partial charge in [-0.3, -0.25) is 14.6 Å². The maximum atomic E-state index is 13.1. The topological polar surface area (TPSA) is 70.2 Å². The summed E-state index contributed by atoms with van der Waals surface area (Å²) in [7, 11) is 1.92. The normalized spacial score (nSPS) is 14.3. The van der Waals surface area contributed by atoms with E-state index in [1.807, 2.05) is 59.6 Å². The highest BCUT2D eigenvalue weighted by molar-refractivity contribution is 5.97. The van der Waals surface area contributed by atoms with E-state index in [0.29, 0.717) is 37.1 Å². The highest BCUT2D eigenvalue weighted by atomic mass is 16.2. The first-order chi connectivity index (χ1) is 14.4. The Morgan fingerprint density at radius 2 is 2.03 bits per heavy atom. The van der Waals surface area contributed by atoms with E-state index in [4.69, 9.17) is 0 Å². The van der Waals surface area contributed by atoms with Crippen molar-refractivity contribution in [3.63, 3.8) is 0 Å². The number of hydrogen-bond acceptors (Lipinski definition) is 4. The van der Waals surface area contributed by atoms with Crippen LogP contribution in [-0.4, -0.2) is 46.4 Å². The van der Waals surface area contributed by atoms with Gasteiger partial charge in [-0.15, -0.1) is 0 Å². The summed E-state index contributed by atoms with van der Waals surface area (Å²) in [6.45, 7) is 8.87. The van der Waals surface area contributed by atoms with Crippen molar-refractivity contribution in [2.75, 3.05) is 24.5 Å². The van der Waals surface area contributed by atoms with Crippen molar-refractivity contribution in [3.05, 3.63) is 69.8 Å². The van der Waals surface area contributed by atoms with Crippen molar-refractivity contribution in [1.82, 2.24) is 14.9 Å². The molecule has 0 unspecified atom stereocenters. The Balaban J connectivity index is 1.61. The van der Waals surface area contributed by atoms with E-state index in [-0.39, 0.29) is 11.3 Å². The Labute approximate surface area is 175 Å². The summed E-state index contributed by atoms with van der Waals surface area (Å²) in [5.41, 5.74) is 4.40. The summed E-state index contributed by atoms with van der Waals surface area (Å²) in [6, 6.07) is 9.59. The van der Waals surface area contributed by atoms with Gasteiger partial charge < -0.3 is 14.8 Å². The van der Waals surface area contributed by atoms with Gasteiger partial charge in [0.05, 0.1) is 17.6 Å². The van der Waals surface area contributed by atoms with Gasteiger partial charge >= 0.3 is 0 Å². The molecule has 3 aromatic rings. The van der Waals surface area contributed by atoms with Crippen molar-refractivity contribution in [2.24, 2.45) is 7.05 Å². The molecular formula is C23H26N5O2+. The monoisotopic (exact) mass is 404 g/mol. The quantitative estimate of drug-likeness (QED) is 0.518. The fourth-order valence-corrected chi connectivity index (χ4v) is 3.96. The summed E-state index contributed by atoms with van der Waals surface area (Å²) < 4.78 is 3.83. The van der Waals surface area contributed by atoms with Crippen LogP contribution in [0.2, 0.25) is 0 Å². The van der Waals surface area contributed by atoms with Gasteiger partial charge in [-0.1, -0.05) is 0 Å². The van der Waals surface area contributed by atoms with Crippen molar-refractivity contribution in [2.45, 2.75) is 20.0 Å². The molecule has 0 spiro atoms. The Kier molecular flexibility index (Phi) is 5.46. The van der Waals surface area contributed by atoms with Crippen LogP contribution in [0.25, 0.3) is 10.9 Å². The number of rotatable bonds is 5. The molecule has 3 heterocycles. The molecule has 2 aromatic heterocycles. The van der Waals surface area contributed by atoms with Crippen molar-refractivity contribution >= 4 is 29.2 Å². The summed E-state index contributed by atoms with van der Waals surface area (Å²) >= 11 is 0. The van der Waals surface area contributed by atoms with E-state index in [0.717, 1.165) is 29.0 Å². The summed E-state index contributed by atoms with van der Waals surface area (Å²) in [4.78, 5) is 31.3. The van der Waals surface area contributed by atoms with Crippen molar-refractivity contribution in [3.8, 4) is 0 Å². The summed E-state index contributed by atoms with van der Waals surface area (Å²) in [6.07, 6.45) is 3.65. The number of amides is 1.